The van der Waals surface area contributed by atoms with Gasteiger partial charge in [0.2, 0.25) is 0 Å². The van der Waals surface area contributed by atoms with Gasteiger partial charge in [-0.3, -0.25) is 0 Å². The summed E-state index contributed by atoms with van der Waals surface area (Å²) in [6.07, 6.45) is 0. The van der Waals surface area contributed by atoms with E-state index < -0.39 is 0 Å². The maximum Gasteiger partial charge on any atom is 0.164 e. The lowest BCUT2D eigenvalue weighted by Gasteiger charge is -2.44. The van der Waals surface area contributed by atoms with Crippen LogP contribution >= 0.6 is 0 Å². The zero-order valence-electron chi connectivity index (χ0n) is 32.0. The van der Waals surface area contributed by atoms with Crippen LogP contribution in [0.5, 0.6) is 0 Å². The minimum absolute atomic E-state index is 0.133. The monoisotopic (exact) mass is 723 g/mol. The summed E-state index contributed by atoms with van der Waals surface area (Å²) in [5.41, 5.74) is 14.4. The third-order valence-corrected chi connectivity index (χ3v) is 11.7. The number of benzene rings is 7. The van der Waals surface area contributed by atoms with Crippen molar-refractivity contribution < 1.29 is 0 Å². The van der Waals surface area contributed by atoms with Gasteiger partial charge in [0.25, 0.3) is 0 Å². The van der Waals surface area contributed by atoms with Crippen LogP contribution in [0, 0.1) is 0 Å². The third-order valence-electron chi connectivity index (χ3n) is 11.7. The van der Waals surface area contributed by atoms with E-state index >= 15 is 0 Å². The molecule has 2 aliphatic rings. The SMILES string of the molecule is CC1(C)c2ccccc2N(c2ccc3c(c2)C(C)(C)c2cc(-c4nc(-c5ccccc5)nc(-c5ccccc5)n4)ccc2N3c2ccccc2)c2ccccc21. The lowest BCUT2D eigenvalue weighted by molar-refractivity contribution is 0.628. The van der Waals surface area contributed by atoms with E-state index in [2.05, 4.69) is 177 Å². The molecule has 0 saturated heterocycles. The Balaban J connectivity index is 1.17. The summed E-state index contributed by atoms with van der Waals surface area (Å²) in [5, 5.41) is 0. The number of aromatic nitrogens is 3. The van der Waals surface area contributed by atoms with Gasteiger partial charge in [0, 0.05) is 38.9 Å². The van der Waals surface area contributed by atoms with Crippen LogP contribution in [0.4, 0.5) is 34.1 Å². The molecule has 270 valence electrons. The van der Waals surface area contributed by atoms with Gasteiger partial charge >= 0.3 is 0 Å². The van der Waals surface area contributed by atoms with Crippen molar-refractivity contribution in [1.82, 2.24) is 15.0 Å². The lowest BCUT2D eigenvalue weighted by Crippen LogP contribution is -2.32. The third kappa shape index (κ3) is 5.34. The highest BCUT2D eigenvalue weighted by atomic mass is 15.2. The molecule has 3 heterocycles. The predicted molar refractivity (Wildman–Crippen MR) is 230 cm³/mol. The Bertz CT molecular complexity index is 2650. The summed E-state index contributed by atoms with van der Waals surface area (Å²) >= 11 is 0. The smallest absolute Gasteiger partial charge is 0.164 e. The Morgan fingerprint density at radius 2 is 0.714 bits per heavy atom. The quantitative estimate of drug-likeness (QED) is 0.177. The molecule has 8 aromatic rings. The van der Waals surface area contributed by atoms with E-state index in [0.717, 1.165) is 33.8 Å². The number of nitrogens with zero attached hydrogens (tertiary/aromatic N) is 5. The van der Waals surface area contributed by atoms with E-state index in [1.165, 1.54) is 39.3 Å². The van der Waals surface area contributed by atoms with Crippen molar-refractivity contribution in [2.75, 3.05) is 9.80 Å². The van der Waals surface area contributed by atoms with Gasteiger partial charge in [-0.2, -0.15) is 0 Å². The maximum atomic E-state index is 5.10. The fraction of sp³-hybridized carbons (Fsp3) is 0.118. The van der Waals surface area contributed by atoms with E-state index in [0.29, 0.717) is 17.5 Å². The van der Waals surface area contributed by atoms with Crippen LogP contribution in [0.25, 0.3) is 34.2 Å². The molecule has 5 heteroatoms. The van der Waals surface area contributed by atoms with Gasteiger partial charge in [-0.15, -0.1) is 0 Å². The average Bonchev–Trinajstić information content (AvgIpc) is 3.25. The molecule has 0 spiro atoms. The first kappa shape index (κ1) is 33.7. The van der Waals surface area contributed by atoms with Gasteiger partial charge in [-0.25, -0.2) is 15.0 Å². The van der Waals surface area contributed by atoms with Crippen LogP contribution in [0.1, 0.15) is 49.9 Å². The van der Waals surface area contributed by atoms with Gasteiger partial charge in [0.05, 0.1) is 22.7 Å². The van der Waals surface area contributed by atoms with Gasteiger partial charge in [-0.05, 0) is 82.9 Å². The summed E-state index contributed by atoms with van der Waals surface area (Å²) in [4.78, 5) is 20.0. The molecule has 0 fully saturated rings. The Morgan fingerprint density at radius 3 is 1.27 bits per heavy atom. The lowest BCUT2D eigenvalue weighted by atomic mass is 9.72. The number of hydrogen-bond acceptors (Lipinski definition) is 5. The molecule has 0 unspecified atom stereocenters. The maximum absolute atomic E-state index is 5.10. The minimum Gasteiger partial charge on any atom is -0.310 e. The van der Waals surface area contributed by atoms with Crippen molar-refractivity contribution in [3.05, 3.63) is 198 Å². The molecule has 10 rings (SSSR count). The zero-order valence-corrected chi connectivity index (χ0v) is 32.0. The van der Waals surface area contributed by atoms with Crippen LogP contribution in [-0.4, -0.2) is 15.0 Å². The predicted octanol–water partition coefficient (Wildman–Crippen LogP) is 13.1. The van der Waals surface area contributed by atoms with Crippen LogP contribution in [0.2, 0.25) is 0 Å². The molecule has 7 aromatic carbocycles. The Kier molecular flexibility index (Phi) is 7.75. The fourth-order valence-corrected chi connectivity index (χ4v) is 8.74. The fourth-order valence-electron chi connectivity index (χ4n) is 8.74. The number of rotatable bonds is 5. The van der Waals surface area contributed by atoms with Crippen LogP contribution in [0.15, 0.2) is 176 Å². The minimum atomic E-state index is -0.381. The molecule has 0 amide bonds. The Morgan fingerprint density at radius 1 is 0.321 bits per heavy atom. The second-order valence-corrected chi connectivity index (χ2v) is 15.8. The highest BCUT2D eigenvalue weighted by Crippen LogP contribution is 2.56. The van der Waals surface area contributed by atoms with Crippen molar-refractivity contribution in [3.8, 4) is 34.2 Å². The number of hydrogen-bond donors (Lipinski definition) is 0. The summed E-state index contributed by atoms with van der Waals surface area (Å²) < 4.78 is 0. The summed E-state index contributed by atoms with van der Waals surface area (Å²) in [6, 6.07) is 62.4. The standard InChI is InChI=1S/C51H41N5/c1-50(2)39-24-14-16-26-43(39)56(44-27-17-15-25-40(44)50)38-29-31-46-42(33-38)51(3,4)41-32-36(28-30-45(41)55(46)37-22-12-7-13-23-37)49-53-47(34-18-8-5-9-19-34)52-48(54-49)35-20-10-6-11-21-35/h5-33H,1-4H3. The largest absolute Gasteiger partial charge is 0.310 e. The summed E-state index contributed by atoms with van der Waals surface area (Å²) in [5.74, 6) is 1.95. The van der Waals surface area contributed by atoms with Crippen molar-refractivity contribution in [2.45, 2.75) is 38.5 Å². The van der Waals surface area contributed by atoms with E-state index in [4.69, 9.17) is 15.0 Å². The van der Waals surface area contributed by atoms with Gasteiger partial charge in [-0.1, -0.05) is 143 Å². The van der Waals surface area contributed by atoms with E-state index in [9.17, 15) is 0 Å². The zero-order chi connectivity index (χ0) is 38.0. The Hall–Kier alpha value is -6.85. The van der Waals surface area contributed by atoms with Crippen LogP contribution in [0.3, 0.4) is 0 Å². The number of fused-ring (bicyclic) bond motifs is 4. The molecular weight excluding hydrogens is 683 g/mol. The second-order valence-electron chi connectivity index (χ2n) is 15.8. The molecule has 1 aromatic heterocycles. The molecular formula is C51H41N5. The average molecular weight is 724 g/mol. The number of anilines is 6. The first-order valence-corrected chi connectivity index (χ1v) is 19.3. The van der Waals surface area contributed by atoms with Gasteiger partial charge in [0.1, 0.15) is 0 Å². The summed E-state index contributed by atoms with van der Waals surface area (Å²) in [6.45, 7) is 9.37. The molecule has 0 aliphatic carbocycles. The highest BCUT2D eigenvalue weighted by Gasteiger charge is 2.40. The van der Waals surface area contributed by atoms with Gasteiger partial charge < -0.3 is 9.80 Å². The molecule has 0 radical (unpaired) electrons. The van der Waals surface area contributed by atoms with E-state index in [1.807, 2.05) is 36.4 Å². The van der Waals surface area contributed by atoms with Crippen molar-refractivity contribution in [2.24, 2.45) is 0 Å². The first-order valence-electron chi connectivity index (χ1n) is 19.3. The van der Waals surface area contributed by atoms with Gasteiger partial charge in [0.15, 0.2) is 17.5 Å². The first-order chi connectivity index (χ1) is 27.3. The van der Waals surface area contributed by atoms with Crippen molar-refractivity contribution >= 4 is 34.1 Å². The topological polar surface area (TPSA) is 45.2 Å². The molecule has 0 bridgehead atoms. The van der Waals surface area contributed by atoms with E-state index in [1.54, 1.807) is 0 Å². The van der Waals surface area contributed by atoms with Crippen LogP contribution < -0.4 is 9.80 Å². The molecule has 0 saturated carbocycles. The highest BCUT2D eigenvalue weighted by molar-refractivity contribution is 5.91. The molecule has 0 N–H and O–H groups in total. The molecule has 0 atom stereocenters. The molecule has 5 nitrogen and oxygen atoms in total. The molecule has 56 heavy (non-hydrogen) atoms. The number of para-hydroxylation sites is 3. The molecule has 2 aliphatic heterocycles. The Labute approximate surface area is 328 Å². The van der Waals surface area contributed by atoms with Crippen molar-refractivity contribution in [1.29, 1.82) is 0 Å². The van der Waals surface area contributed by atoms with Crippen molar-refractivity contribution in [3.63, 3.8) is 0 Å². The second kappa shape index (κ2) is 12.9. The normalized spacial score (nSPS) is 14.6. The van der Waals surface area contributed by atoms with E-state index in [-0.39, 0.29) is 10.8 Å². The van der Waals surface area contributed by atoms with Crippen LogP contribution in [-0.2, 0) is 10.8 Å². The summed E-state index contributed by atoms with van der Waals surface area (Å²) in [7, 11) is 0.